The molecule has 1 N–H and O–H groups in total. The molecule has 2 aliphatic rings. The van der Waals surface area contributed by atoms with Gasteiger partial charge in [-0.3, -0.25) is 9.59 Å². The monoisotopic (exact) mass is 309 g/mol. The van der Waals surface area contributed by atoms with E-state index in [0.29, 0.717) is 12.4 Å². The summed E-state index contributed by atoms with van der Waals surface area (Å²) in [5, 5.41) is 2.94. The summed E-state index contributed by atoms with van der Waals surface area (Å²) in [5.74, 6) is 0.0666. The Morgan fingerprint density at radius 2 is 2.04 bits per heavy atom. The van der Waals surface area contributed by atoms with Crippen LogP contribution in [0.4, 0.5) is 0 Å². The number of benzene rings is 1. The molecular weight excluding hydrogens is 290 g/mol. The van der Waals surface area contributed by atoms with Crippen LogP contribution in [-0.4, -0.2) is 28.1 Å². The standard InChI is InChI=1S/C18H19N3O2/c1-13-8-9-15-20-16(22)10-18(2,21(15)12-13)17(23)19-11-14-6-4-3-5-7-14/h3-9,12H,10-11H2,1-2H3,(H,19,23). The van der Waals surface area contributed by atoms with E-state index >= 15 is 0 Å². The van der Waals surface area contributed by atoms with Gasteiger partial charge in [-0.1, -0.05) is 36.4 Å². The summed E-state index contributed by atoms with van der Waals surface area (Å²) in [7, 11) is 0. The zero-order valence-electron chi connectivity index (χ0n) is 13.2. The molecule has 0 bridgehead atoms. The van der Waals surface area contributed by atoms with E-state index in [0.717, 1.165) is 11.1 Å². The molecule has 5 heteroatoms. The summed E-state index contributed by atoms with van der Waals surface area (Å²) in [6.45, 7) is 4.16. The van der Waals surface area contributed by atoms with Gasteiger partial charge in [0, 0.05) is 12.7 Å². The fourth-order valence-corrected chi connectivity index (χ4v) is 2.79. The van der Waals surface area contributed by atoms with Crippen LogP contribution in [0.1, 0.15) is 25.8 Å². The van der Waals surface area contributed by atoms with E-state index in [9.17, 15) is 9.59 Å². The van der Waals surface area contributed by atoms with E-state index in [4.69, 9.17) is 0 Å². The van der Waals surface area contributed by atoms with Gasteiger partial charge in [0.1, 0.15) is 11.4 Å². The second-order valence-corrected chi connectivity index (χ2v) is 6.06. The molecule has 0 fully saturated rings. The normalized spacial score (nSPS) is 23.0. The molecule has 118 valence electrons. The van der Waals surface area contributed by atoms with E-state index in [1.807, 2.05) is 49.5 Å². The lowest BCUT2D eigenvalue weighted by atomic mass is 9.90. The molecule has 3 rings (SSSR count). The smallest absolute Gasteiger partial charge is 0.250 e. The lowest BCUT2D eigenvalue weighted by Crippen LogP contribution is -2.59. The highest BCUT2D eigenvalue weighted by atomic mass is 16.2. The van der Waals surface area contributed by atoms with Crippen LogP contribution in [0.15, 0.2) is 59.2 Å². The van der Waals surface area contributed by atoms with Crippen molar-refractivity contribution >= 4 is 17.6 Å². The topological polar surface area (TPSA) is 61.8 Å². The van der Waals surface area contributed by atoms with E-state index in [2.05, 4.69) is 10.3 Å². The van der Waals surface area contributed by atoms with E-state index < -0.39 is 5.54 Å². The van der Waals surface area contributed by atoms with Crippen LogP contribution in [0, 0.1) is 0 Å². The van der Waals surface area contributed by atoms with Gasteiger partial charge in [-0.25, -0.2) is 0 Å². The molecule has 0 aliphatic carbocycles. The average Bonchev–Trinajstić information content (AvgIpc) is 2.54. The van der Waals surface area contributed by atoms with Gasteiger partial charge in [-0.2, -0.15) is 4.99 Å². The molecule has 0 spiro atoms. The van der Waals surface area contributed by atoms with Gasteiger partial charge in [-0.15, -0.1) is 0 Å². The molecule has 1 aromatic carbocycles. The summed E-state index contributed by atoms with van der Waals surface area (Å²) in [6.07, 6.45) is 5.59. The number of hydrogen-bond acceptors (Lipinski definition) is 3. The van der Waals surface area contributed by atoms with E-state index in [-0.39, 0.29) is 18.2 Å². The molecule has 0 radical (unpaired) electrons. The van der Waals surface area contributed by atoms with Crippen molar-refractivity contribution in [2.45, 2.75) is 32.4 Å². The maximum absolute atomic E-state index is 12.8. The van der Waals surface area contributed by atoms with Crippen molar-refractivity contribution in [1.29, 1.82) is 0 Å². The molecule has 2 amide bonds. The molecule has 1 aromatic rings. The number of carbonyl (C=O) groups is 2. The number of amidine groups is 1. The molecule has 23 heavy (non-hydrogen) atoms. The van der Waals surface area contributed by atoms with Gasteiger partial charge in [0.15, 0.2) is 0 Å². The first-order chi connectivity index (χ1) is 11.0. The number of carbonyl (C=O) groups excluding carboxylic acids is 2. The van der Waals surface area contributed by atoms with Crippen LogP contribution in [0.3, 0.4) is 0 Å². The second kappa shape index (κ2) is 5.83. The van der Waals surface area contributed by atoms with Gasteiger partial charge in [-0.05, 0) is 31.1 Å². The molecule has 0 aromatic heterocycles. The molecule has 2 heterocycles. The summed E-state index contributed by atoms with van der Waals surface area (Å²) >= 11 is 0. The molecule has 0 saturated carbocycles. The van der Waals surface area contributed by atoms with Crippen molar-refractivity contribution in [2.75, 3.05) is 0 Å². The third-order valence-electron chi connectivity index (χ3n) is 4.13. The lowest BCUT2D eigenvalue weighted by Gasteiger charge is -2.42. The van der Waals surface area contributed by atoms with Crippen LogP contribution in [0.2, 0.25) is 0 Å². The van der Waals surface area contributed by atoms with Crippen molar-refractivity contribution in [1.82, 2.24) is 10.2 Å². The number of fused-ring (bicyclic) bond motifs is 1. The Kier molecular flexibility index (Phi) is 3.86. The molecule has 2 aliphatic heterocycles. The van der Waals surface area contributed by atoms with Crippen LogP contribution in [0.25, 0.3) is 0 Å². The van der Waals surface area contributed by atoms with Crippen molar-refractivity contribution < 1.29 is 9.59 Å². The van der Waals surface area contributed by atoms with Crippen molar-refractivity contribution in [3.63, 3.8) is 0 Å². The van der Waals surface area contributed by atoms with E-state index in [1.165, 1.54) is 0 Å². The molecule has 1 unspecified atom stereocenters. The second-order valence-electron chi connectivity index (χ2n) is 6.06. The van der Waals surface area contributed by atoms with Crippen LogP contribution >= 0.6 is 0 Å². The van der Waals surface area contributed by atoms with Crippen molar-refractivity contribution in [3.05, 3.63) is 59.8 Å². The Bertz CT molecular complexity index is 734. The Morgan fingerprint density at radius 3 is 2.78 bits per heavy atom. The summed E-state index contributed by atoms with van der Waals surface area (Å²) in [5.41, 5.74) is 1.07. The third-order valence-corrected chi connectivity index (χ3v) is 4.13. The fraction of sp³-hybridized carbons (Fsp3) is 0.278. The number of aliphatic imine (C=N–C) groups is 1. The third kappa shape index (κ3) is 2.95. The quantitative estimate of drug-likeness (QED) is 0.931. The van der Waals surface area contributed by atoms with Crippen LogP contribution in [0.5, 0.6) is 0 Å². The first kappa shape index (κ1) is 15.2. The highest BCUT2D eigenvalue weighted by Gasteiger charge is 2.45. The Labute approximate surface area is 135 Å². The lowest BCUT2D eigenvalue weighted by molar-refractivity contribution is -0.134. The number of amides is 2. The first-order valence-corrected chi connectivity index (χ1v) is 7.59. The predicted octanol–water partition coefficient (Wildman–Crippen LogP) is 2.17. The van der Waals surface area contributed by atoms with Gasteiger partial charge >= 0.3 is 0 Å². The SMILES string of the molecule is CC1=CN2C(=NC(=O)CC2(C)C(=O)NCc2ccccc2)C=C1. The maximum atomic E-state index is 12.8. The number of hydrogen-bond donors (Lipinski definition) is 1. The van der Waals surface area contributed by atoms with Crippen molar-refractivity contribution in [2.24, 2.45) is 4.99 Å². The number of allylic oxidation sites excluding steroid dienone is 2. The Hall–Kier alpha value is -2.69. The zero-order valence-corrected chi connectivity index (χ0v) is 13.2. The van der Waals surface area contributed by atoms with Gasteiger partial charge in [0.25, 0.3) is 5.91 Å². The first-order valence-electron chi connectivity index (χ1n) is 7.59. The van der Waals surface area contributed by atoms with Crippen LogP contribution in [-0.2, 0) is 16.1 Å². The summed E-state index contributed by atoms with van der Waals surface area (Å²) < 4.78 is 0. The van der Waals surface area contributed by atoms with Gasteiger partial charge in [0.2, 0.25) is 5.91 Å². The number of nitrogens with zero attached hydrogens (tertiary/aromatic N) is 2. The zero-order chi connectivity index (χ0) is 16.4. The van der Waals surface area contributed by atoms with Gasteiger partial charge < -0.3 is 10.2 Å². The molecular formula is C18H19N3O2. The fourth-order valence-electron chi connectivity index (χ4n) is 2.79. The van der Waals surface area contributed by atoms with E-state index in [1.54, 1.807) is 17.9 Å². The maximum Gasteiger partial charge on any atom is 0.250 e. The highest BCUT2D eigenvalue weighted by molar-refractivity contribution is 6.09. The molecule has 1 atom stereocenters. The minimum atomic E-state index is -0.963. The van der Waals surface area contributed by atoms with Crippen LogP contribution < -0.4 is 5.32 Å². The van der Waals surface area contributed by atoms with Gasteiger partial charge in [0.05, 0.1) is 6.42 Å². The molecule has 0 saturated heterocycles. The summed E-state index contributed by atoms with van der Waals surface area (Å²) in [6, 6.07) is 9.70. The Morgan fingerprint density at radius 1 is 1.30 bits per heavy atom. The Balaban J connectivity index is 1.82. The largest absolute Gasteiger partial charge is 0.350 e. The minimum Gasteiger partial charge on any atom is -0.350 e. The highest BCUT2D eigenvalue weighted by Crippen LogP contribution is 2.29. The number of rotatable bonds is 3. The molecule has 5 nitrogen and oxygen atoms in total. The minimum absolute atomic E-state index is 0.0642. The summed E-state index contributed by atoms with van der Waals surface area (Å²) in [4.78, 5) is 30.6. The average molecular weight is 309 g/mol. The predicted molar refractivity (Wildman–Crippen MR) is 88.5 cm³/mol. The number of nitrogens with one attached hydrogen (secondary N) is 1. The van der Waals surface area contributed by atoms with Crippen molar-refractivity contribution in [3.8, 4) is 0 Å².